The summed E-state index contributed by atoms with van der Waals surface area (Å²) in [6.45, 7) is 13.2. The number of nitrogens with two attached hydrogens (primary N) is 1. The second kappa shape index (κ2) is 5.89. The Morgan fingerprint density at radius 1 is 1.28 bits per heavy atom. The third kappa shape index (κ3) is 3.06. The lowest BCUT2D eigenvalue weighted by atomic mass is 9.84. The fourth-order valence-corrected chi connectivity index (χ4v) is 3.59. The first-order valence-corrected chi connectivity index (χ1v) is 7.77. The summed E-state index contributed by atoms with van der Waals surface area (Å²) in [5, 5.41) is 0. The largest absolute Gasteiger partial charge is 0.327 e. The van der Waals surface area contributed by atoms with Crippen LogP contribution in [0.1, 0.15) is 46.5 Å². The highest BCUT2D eigenvalue weighted by atomic mass is 15.3. The molecule has 1 aliphatic carbocycles. The van der Waals surface area contributed by atoms with Crippen molar-refractivity contribution in [2.75, 3.05) is 32.7 Å². The predicted octanol–water partition coefficient (Wildman–Crippen LogP) is 1.92. The van der Waals surface area contributed by atoms with Crippen LogP contribution in [0, 0.1) is 5.41 Å². The third-order valence-electron chi connectivity index (χ3n) is 5.36. The van der Waals surface area contributed by atoms with Gasteiger partial charge in [0.05, 0.1) is 0 Å². The highest BCUT2D eigenvalue weighted by molar-refractivity contribution is 4.94. The minimum atomic E-state index is 0.374. The van der Waals surface area contributed by atoms with Gasteiger partial charge in [-0.2, -0.15) is 0 Å². The van der Waals surface area contributed by atoms with E-state index in [0.717, 1.165) is 6.04 Å². The molecule has 3 nitrogen and oxygen atoms in total. The molecule has 106 valence electrons. The Hall–Kier alpha value is -0.120. The molecule has 2 rings (SSSR count). The van der Waals surface area contributed by atoms with Crippen molar-refractivity contribution < 1.29 is 0 Å². The summed E-state index contributed by atoms with van der Waals surface area (Å²) < 4.78 is 0. The van der Waals surface area contributed by atoms with E-state index in [1.807, 2.05) is 0 Å². The SMILES string of the molecule is CCC(C)N1CCN(CC2(C)CCCC2N)CC1. The smallest absolute Gasteiger partial charge is 0.0113 e. The number of nitrogens with zero attached hydrogens (tertiary/aromatic N) is 2. The second-order valence-electron chi connectivity index (χ2n) is 6.72. The lowest BCUT2D eigenvalue weighted by Crippen LogP contribution is -2.53. The first kappa shape index (κ1) is 14.3. The molecule has 3 heteroatoms. The maximum atomic E-state index is 6.29. The van der Waals surface area contributed by atoms with E-state index in [4.69, 9.17) is 5.73 Å². The summed E-state index contributed by atoms with van der Waals surface area (Å²) in [7, 11) is 0. The summed E-state index contributed by atoms with van der Waals surface area (Å²) in [5.41, 5.74) is 6.66. The van der Waals surface area contributed by atoms with Crippen LogP contribution in [-0.4, -0.2) is 54.6 Å². The lowest BCUT2D eigenvalue weighted by molar-refractivity contribution is 0.0677. The molecule has 0 aromatic heterocycles. The zero-order valence-electron chi connectivity index (χ0n) is 12.5. The van der Waals surface area contributed by atoms with Crippen molar-refractivity contribution in [3.63, 3.8) is 0 Å². The molecule has 1 aliphatic heterocycles. The summed E-state index contributed by atoms with van der Waals surface area (Å²) >= 11 is 0. The van der Waals surface area contributed by atoms with Crippen LogP contribution < -0.4 is 5.73 Å². The van der Waals surface area contributed by atoms with Crippen LogP contribution >= 0.6 is 0 Å². The molecule has 2 aliphatic rings. The molecule has 1 saturated carbocycles. The Kier molecular flexibility index (Phi) is 4.68. The van der Waals surface area contributed by atoms with E-state index in [0.29, 0.717) is 11.5 Å². The van der Waals surface area contributed by atoms with Gasteiger partial charge in [0.2, 0.25) is 0 Å². The standard InChI is InChI=1S/C15H31N3/c1-4-13(2)18-10-8-17(9-11-18)12-15(3)7-5-6-14(15)16/h13-14H,4-12,16H2,1-3H3. The van der Waals surface area contributed by atoms with Gasteiger partial charge in [-0.1, -0.05) is 20.3 Å². The summed E-state index contributed by atoms with van der Waals surface area (Å²) in [5.74, 6) is 0. The Balaban J connectivity index is 1.80. The van der Waals surface area contributed by atoms with E-state index in [9.17, 15) is 0 Å². The van der Waals surface area contributed by atoms with Crippen LogP contribution in [0.3, 0.4) is 0 Å². The summed E-state index contributed by atoms with van der Waals surface area (Å²) in [6, 6.07) is 1.17. The number of hydrogen-bond acceptors (Lipinski definition) is 3. The van der Waals surface area contributed by atoms with Crippen LogP contribution in [-0.2, 0) is 0 Å². The average Bonchev–Trinajstić information content (AvgIpc) is 2.69. The van der Waals surface area contributed by atoms with Gasteiger partial charge in [-0.15, -0.1) is 0 Å². The Morgan fingerprint density at radius 2 is 1.94 bits per heavy atom. The molecular formula is C15H31N3. The van der Waals surface area contributed by atoms with Gasteiger partial charge in [-0.25, -0.2) is 0 Å². The molecular weight excluding hydrogens is 222 g/mol. The molecule has 0 spiro atoms. The Morgan fingerprint density at radius 3 is 2.44 bits per heavy atom. The van der Waals surface area contributed by atoms with Crippen molar-refractivity contribution in [3.05, 3.63) is 0 Å². The molecule has 0 amide bonds. The highest BCUT2D eigenvalue weighted by Crippen LogP contribution is 2.37. The molecule has 0 radical (unpaired) electrons. The van der Waals surface area contributed by atoms with E-state index in [2.05, 4.69) is 30.6 Å². The van der Waals surface area contributed by atoms with Gasteiger partial charge in [0.25, 0.3) is 0 Å². The molecule has 3 atom stereocenters. The van der Waals surface area contributed by atoms with Crippen molar-refractivity contribution in [2.24, 2.45) is 11.1 Å². The van der Waals surface area contributed by atoms with Gasteiger partial charge >= 0.3 is 0 Å². The summed E-state index contributed by atoms with van der Waals surface area (Å²) in [6.07, 6.45) is 5.14. The Bertz CT molecular complexity index is 260. The average molecular weight is 253 g/mol. The van der Waals surface area contributed by atoms with E-state index < -0.39 is 0 Å². The maximum absolute atomic E-state index is 6.29. The summed E-state index contributed by atoms with van der Waals surface area (Å²) in [4.78, 5) is 5.28. The van der Waals surface area contributed by atoms with E-state index in [1.54, 1.807) is 0 Å². The minimum absolute atomic E-state index is 0.374. The fourth-order valence-electron chi connectivity index (χ4n) is 3.59. The first-order valence-electron chi connectivity index (χ1n) is 7.77. The van der Waals surface area contributed by atoms with E-state index >= 15 is 0 Å². The monoisotopic (exact) mass is 253 g/mol. The van der Waals surface area contributed by atoms with E-state index in [-0.39, 0.29) is 0 Å². The molecule has 3 unspecified atom stereocenters. The highest BCUT2D eigenvalue weighted by Gasteiger charge is 2.38. The van der Waals surface area contributed by atoms with Crippen molar-refractivity contribution in [1.29, 1.82) is 0 Å². The van der Waals surface area contributed by atoms with Gasteiger partial charge in [0, 0.05) is 44.8 Å². The Labute approximate surface area is 113 Å². The normalized spacial score (nSPS) is 37.0. The molecule has 0 bridgehead atoms. The zero-order valence-corrected chi connectivity index (χ0v) is 12.5. The van der Waals surface area contributed by atoms with Gasteiger partial charge in [0.1, 0.15) is 0 Å². The van der Waals surface area contributed by atoms with Crippen LogP contribution in [0.5, 0.6) is 0 Å². The van der Waals surface area contributed by atoms with Gasteiger partial charge in [-0.05, 0) is 31.6 Å². The van der Waals surface area contributed by atoms with Crippen LogP contribution in [0.4, 0.5) is 0 Å². The molecule has 1 heterocycles. The number of piperazine rings is 1. The quantitative estimate of drug-likeness (QED) is 0.831. The van der Waals surface area contributed by atoms with Crippen LogP contribution in [0.25, 0.3) is 0 Å². The minimum Gasteiger partial charge on any atom is -0.327 e. The van der Waals surface area contributed by atoms with E-state index in [1.165, 1.54) is 58.4 Å². The number of rotatable bonds is 4. The van der Waals surface area contributed by atoms with Crippen molar-refractivity contribution in [3.8, 4) is 0 Å². The van der Waals surface area contributed by atoms with Gasteiger partial charge in [0.15, 0.2) is 0 Å². The molecule has 0 aromatic rings. The molecule has 2 N–H and O–H groups in total. The first-order chi connectivity index (χ1) is 8.55. The zero-order chi connectivity index (χ0) is 13.2. The second-order valence-corrected chi connectivity index (χ2v) is 6.72. The fraction of sp³-hybridized carbons (Fsp3) is 1.00. The molecule has 1 saturated heterocycles. The van der Waals surface area contributed by atoms with Crippen molar-refractivity contribution >= 4 is 0 Å². The van der Waals surface area contributed by atoms with Gasteiger partial charge in [-0.3, -0.25) is 4.90 Å². The molecule has 0 aromatic carbocycles. The maximum Gasteiger partial charge on any atom is 0.0113 e. The third-order valence-corrected chi connectivity index (χ3v) is 5.36. The molecule has 18 heavy (non-hydrogen) atoms. The van der Waals surface area contributed by atoms with Crippen LogP contribution in [0.2, 0.25) is 0 Å². The van der Waals surface area contributed by atoms with Crippen molar-refractivity contribution in [1.82, 2.24) is 9.80 Å². The molecule has 2 fully saturated rings. The van der Waals surface area contributed by atoms with Crippen molar-refractivity contribution in [2.45, 2.75) is 58.5 Å². The number of hydrogen-bond donors (Lipinski definition) is 1. The topological polar surface area (TPSA) is 32.5 Å². The van der Waals surface area contributed by atoms with Gasteiger partial charge < -0.3 is 10.6 Å². The predicted molar refractivity (Wildman–Crippen MR) is 77.7 cm³/mol. The lowest BCUT2D eigenvalue weighted by Gasteiger charge is -2.42. The van der Waals surface area contributed by atoms with Crippen LogP contribution in [0.15, 0.2) is 0 Å².